The fourth-order valence-corrected chi connectivity index (χ4v) is 1.05. The molecule has 0 amide bonds. The smallest absolute Gasteiger partial charge is 0.330 e. The van der Waals surface area contributed by atoms with Crippen LogP contribution in [0.2, 0.25) is 0 Å². The maximum atomic E-state index is 10.6. The average molecular weight is 198 g/mol. The Bertz CT molecular complexity index is 334. The van der Waals surface area contributed by atoms with Gasteiger partial charge in [0.25, 0.3) is 0 Å². The van der Waals surface area contributed by atoms with Gasteiger partial charge in [0.05, 0.1) is 4.92 Å². The number of nitro groups is 1. The van der Waals surface area contributed by atoms with Gasteiger partial charge in [-0.3, -0.25) is 14.8 Å². The number of anilines is 1. The summed E-state index contributed by atoms with van der Waals surface area (Å²) >= 11 is 0. The predicted molar refractivity (Wildman–Crippen MR) is 53.2 cm³/mol. The molecule has 1 aromatic rings. The van der Waals surface area contributed by atoms with E-state index in [-0.39, 0.29) is 11.7 Å². The molecule has 78 valence electrons. The van der Waals surface area contributed by atoms with E-state index in [0.29, 0.717) is 5.82 Å². The highest BCUT2D eigenvalue weighted by molar-refractivity contribution is 5.54. The molecule has 1 atom stereocenters. The Labute approximate surface area is 82.1 Å². The molecule has 1 heterocycles. The van der Waals surface area contributed by atoms with E-state index in [1.165, 1.54) is 10.9 Å². The van der Waals surface area contributed by atoms with Gasteiger partial charge in [-0.2, -0.15) is 0 Å². The number of aromatic nitrogens is 2. The molecular weight excluding hydrogens is 184 g/mol. The van der Waals surface area contributed by atoms with Gasteiger partial charge in [0.2, 0.25) is 5.82 Å². The molecule has 0 unspecified atom stereocenters. The summed E-state index contributed by atoms with van der Waals surface area (Å²) in [5, 5.41) is 17.6. The summed E-state index contributed by atoms with van der Waals surface area (Å²) < 4.78 is 1.43. The van der Waals surface area contributed by atoms with Crippen molar-refractivity contribution >= 4 is 11.5 Å². The Morgan fingerprint density at radius 1 is 1.79 bits per heavy atom. The van der Waals surface area contributed by atoms with Crippen molar-refractivity contribution < 1.29 is 4.92 Å². The highest BCUT2D eigenvalue weighted by Crippen LogP contribution is 2.22. The molecule has 0 radical (unpaired) electrons. The number of hydrogen-bond donors (Lipinski definition) is 1. The molecule has 0 aromatic carbocycles. The van der Waals surface area contributed by atoms with Gasteiger partial charge in [-0.05, 0) is 13.3 Å². The molecule has 0 spiro atoms. The molecule has 6 heteroatoms. The lowest BCUT2D eigenvalue weighted by Gasteiger charge is -2.08. The van der Waals surface area contributed by atoms with Crippen LogP contribution in [-0.2, 0) is 7.05 Å². The topological polar surface area (TPSA) is 73.0 Å². The molecule has 0 aliphatic carbocycles. The van der Waals surface area contributed by atoms with Gasteiger partial charge in [0.1, 0.15) is 6.20 Å². The predicted octanol–water partition coefficient (Wildman–Crippen LogP) is 1.54. The van der Waals surface area contributed by atoms with Crippen molar-refractivity contribution in [2.24, 2.45) is 7.05 Å². The molecule has 1 aromatic heterocycles. The van der Waals surface area contributed by atoms with Crippen LogP contribution in [0.1, 0.15) is 20.3 Å². The summed E-state index contributed by atoms with van der Waals surface area (Å²) in [6.07, 6.45) is 2.29. The van der Waals surface area contributed by atoms with Crippen molar-refractivity contribution in [1.29, 1.82) is 0 Å². The quantitative estimate of drug-likeness (QED) is 0.588. The molecule has 0 fully saturated rings. The van der Waals surface area contributed by atoms with E-state index in [1.807, 2.05) is 13.8 Å². The first-order valence-electron chi connectivity index (χ1n) is 4.49. The molecule has 0 saturated heterocycles. The normalized spacial score (nSPS) is 12.5. The highest BCUT2D eigenvalue weighted by atomic mass is 16.6. The molecule has 14 heavy (non-hydrogen) atoms. The van der Waals surface area contributed by atoms with Crippen molar-refractivity contribution in [2.75, 3.05) is 5.32 Å². The summed E-state index contributed by atoms with van der Waals surface area (Å²) in [6.45, 7) is 3.96. The van der Waals surface area contributed by atoms with E-state index in [4.69, 9.17) is 0 Å². The molecule has 0 bridgehead atoms. The number of nitrogens with zero attached hydrogens (tertiary/aromatic N) is 3. The van der Waals surface area contributed by atoms with Crippen LogP contribution < -0.4 is 5.32 Å². The molecular formula is C8H14N4O2. The van der Waals surface area contributed by atoms with Crippen LogP contribution in [0.4, 0.5) is 11.5 Å². The zero-order valence-corrected chi connectivity index (χ0v) is 8.52. The van der Waals surface area contributed by atoms with E-state index in [0.717, 1.165) is 6.42 Å². The fourth-order valence-electron chi connectivity index (χ4n) is 1.05. The molecule has 0 aliphatic heterocycles. The third kappa shape index (κ3) is 2.21. The van der Waals surface area contributed by atoms with Crippen LogP contribution in [0.3, 0.4) is 0 Å². The number of aryl methyl sites for hydroxylation is 1. The van der Waals surface area contributed by atoms with Crippen molar-refractivity contribution in [3.8, 4) is 0 Å². The second-order valence-corrected chi connectivity index (χ2v) is 3.25. The van der Waals surface area contributed by atoms with Gasteiger partial charge >= 0.3 is 5.69 Å². The van der Waals surface area contributed by atoms with Crippen molar-refractivity contribution in [3.63, 3.8) is 0 Å². The van der Waals surface area contributed by atoms with Gasteiger partial charge in [-0.1, -0.05) is 6.92 Å². The van der Waals surface area contributed by atoms with Crippen LogP contribution in [0.25, 0.3) is 0 Å². The van der Waals surface area contributed by atoms with Gasteiger partial charge in [-0.25, -0.2) is 0 Å². The third-order valence-electron chi connectivity index (χ3n) is 2.00. The van der Waals surface area contributed by atoms with Gasteiger partial charge in [0.15, 0.2) is 0 Å². The minimum absolute atomic E-state index is 0.0211. The van der Waals surface area contributed by atoms with Crippen molar-refractivity contribution in [1.82, 2.24) is 9.78 Å². The van der Waals surface area contributed by atoms with E-state index in [2.05, 4.69) is 10.4 Å². The summed E-state index contributed by atoms with van der Waals surface area (Å²) in [5.41, 5.74) is 0.0211. The minimum Gasteiger partial charge on any atom is -0.360 e. The van der Waals surface area contributed by atoms with E-state index in [1.54, 1.807) is 7.05 Å². The first kappa shape index (κ1) is 10.5. The molecule has 0 saturated carbocycles. The largest absolute Gasteiger partial charge is 0.360 e. The first-order chi connectivity index (χ1) is 6.54. The minimum atomic E-state index is -0.433. The van der Waals surface area contributed by atoms with E-state index in [9.17, 15) is 10.1 Å². The molecule has 1 N–H and O–H groups in total. The van der Waals surface area contributed by atoms with Gasteiger partial charge in [-0.15, -0.1) is 5.10 Å². The SMILES string of the molecule is CC[C@H](C)Nc1nn(C)cc1[N+](=O)[O-]. The highest BCUT2D eigenvalue weighted by Gasteiger charge is 2.18. The lowest BCUT2D eigenvalue weighted by Crippen LogP contribution is -2.14. The Morgan fingerprint density at radius 2 is 2.43 bits per heavy atom. The summed E-state index contributed by atoms with van der Waals surface area (Å²) in [5.74, 6) is 0.340. The van der Waals surface area contributed by atoms with Crippen LogP contribution in [0, 0.1) is 10.1 Å². The van der Waals surface area contributed by atoms with E-state index >= 15 is 0 Å². The maximum absolute atomic E-state index is 10.6. The van der Waals surface area contributed by atoms with E-state index < -0.39 is 4.92 Å². The Kier molecular flexibility index (Phi) is 3.06. The molecule has 6 nitrogen and oxygen atoms in total. The number of hydrogen-bond acceptors (Lipinski definition) is 4. The Morgan fingerprint density at radius 3 is 2.93 bits per heavy atom. The maximum Gasteiger partial charge on any atom is 0.330 e. The lowest BCUT2D eigenvalue weighted by atomic mass is 10.2. The number of nitrogens with one attached hydrogen (secondary N) is 1. The van der Waals surface area contributed by atoms with Crippen LogP contribution >= 0.6 is 0 Å². The fraction of sp³-hybridized carbons (Fsp3) is 0.625. The lowest BCUT2D eigenvalue weighted by molar-refractivity contribution is -0.384. The Hall–Kier alpha value is -1.59. The van der Waals surface area contributed by atoms with Crippen molar-refractivity contribution in [3.05, 3.63) is 16.3 Å². The third-order valence-corrected chi connectivity index (χ3v) is 2.00. The number of rotatable bonds is 4. The second-order valence-electron chi connectivity index (χ2n) is 3.25. The summed E-state index contributed by atoms with van der Waals surface area (Å²) in [4.78, 5) is 10.2. The molecule has 1 rings (SSSR count). The summed E-state index contributed by atoms with van der Waals surface area (Å²) in [7, 11) is 1.66. The van der Waals surface area contributed by atoms with Crippen LogP contribution in [-0.4, -0.2) is 20.7 Å². The van der Waals surface area contributed by atoms with Gasteiger partial charge in [0, 0.05) is 13.1 Å². The van der Waals surface area contributed by atoms with Crippen molar-refractivity contribution in [2.45, 2.75) is 26.3 Å². The Balaban J connectivity index is 2.89. The molecule has 0 aliphatic rings. The zero-order chi connectivity index (χ0) is 10.7. The average Bonchev–Trinajstić information content (AvgIpc) is 2.46. The standard InChI is InChI=1S/C8H14N4O2/c1-4-6(2)9-8-7(12(13)14)5-11(3)10-8/h5-6H,4H2,1-3H3,(H,9,10)/t6-/m0/s1. The zero-order valence-electron chi connectivity index (χ0n) is 8.52. The monoisotopic (exact) mass is 198 g/mol. The van der Waals surface area contributed by atoms with Crippen LogP contribution in [0.5, 0.6) is 0 Å². The summed E-state index contributed by atoms with van der Waals surface area (Å²) in [6, 6.07) is 0.184. The van der Waals surface area contributed by atoms with Crippen LogP contribution in [0.15, 0.2) is 6.20 Å². The second kappa shape index (κ2) is 4.08. The van der Waals surface area contributed by atoms with Gasteiger partial charge < -0.3 is 5.32 Å². The first-order valence-corrected chi connectivity index (χ1v) is 4.49.